The number of amides is 1. The zero-order valence-electron chi connectivity index (χ0n) is 11.4. The van der Waals surface area contributed by atoms with Crippen LogP contribution in [0.2, 0.25) is 0 Å². The highest BCUT2D eigenvalue weighted by molar-refractivity contribution is 5.73. The maximum Gasteiger partial charge on any atom is 0.217 e. The van der Waals surface area contributed by atoms with Crippen LogP contribution < -0.4 is 20.3 Å². The zero-order valence-corrected chi connectivity index (χ0v) is 11.4. The van der Waals surface area contributed by atoms with Crippen LogP contribution in [-0.2, 0) is 4.79 Å². The predicted molar refractivity (Wildman–Crippen MR) is 72.6 cm³/mol. The molecule has 1 aromatic rings. The number of carbonyl (C=O) groups excluding carboxylic acids is 1. The lowest BCUT2D eigenvalue weighted by Crippen LogP contribution is -2.35. The average Bonchev–Trinajstić information content (AvgIpc) is 2.85. The highest BCUT2D eigenvalue weighted by Gasteiger charge is 2.27. The molecule has 2 N–H and O–H groups in total. The van der Waals surface area contributed by atoms with Crippen LogP contribution in [0.15, 0.2) is 6.33 Å². The maximum absolute atomic E-state index is 11.1. The minimum atomic E-state index is -0.00239. The molecule has 0 bridgehead atoms. The molecule has 2 rings (SSSR count). The lowest BCUT2D eigenvalue weighted by atomic mass is 10.2. The Morgan fingerprint density at radius 3 is 2.95 bits per heavy atom. The fourth-order valence-electron chi connectivity index (χ4n) is 2.31. The molecular formula is C12H19N5O2. The van der Waals surface area contributed by atoms with Gasteiger partial charge in [0.1, 0.15) is 6.33 Å². The van der Waals surface area contributed by atoms with Crippen molar-refractivity contribution in [1.82, 2.24) is 15.3 Å². The first-order valence-electron chi connectivity index (χ1n) is 6.24. The predicted octanol–water partition coefficient (Wildman–Crippen LogP) is 0.242. The molecular weight excluding hydrogens is 246 g/mol. The summed E-state index contributed by atoms with van der Waals surface area (Å²) >= 11 is 0. The number of hydrogen-bond donors (Lipinski definition) is 2. The van der Waals surface area contributed by atoms with E-state index in [9.17, 15) is 4.79 Å². The van der Waals surface area contributed by atoms with Crippen molar-refractivity contribution < 1.29 is 9.53 Å². The molecule has 1 fully saturated rings. The van der Waals surface area contributed by atoms with E-state index >= 15 is 0 Å². The van der Waals surface area contributed by atoms with E-state index in [0.29, 0.717) is 11.6 Å². The Labute approximate surface area is 112 Å². The lowest BCUT2D eigenvalue weighted by Gasteiger charge is -2.21. The van der Waals surface area contributed by atoms with Gasteiger partial charge in [0.15, 0.2) is 11.6 Å². The number of hydrogen-bond acceptors (Lipinski definition) is 6. The van der Waals surface area contributed by atoms with Gasteiger partial charge in [-0.1, -0.05) is 0 Å². The Kier molecular flexibility index (Phi) is 4.03. The maximum atomic E-state index is 11.1. The number of aromatic nitrogens is 2. The summed E-state index contributed by atoms with van der Waals surface area (Å²) < 4.78 is 5.38. The molecule has 0 aromatic carbocycles. The summed E-state index contributed by atoms with van der Waals surface area (Å²) in [4.78, 5) is 21.6. The summed E-state index contributed by atoms with van der Waals surface area (Å²) in [6, 6.07) is 0.162. The summed E-state index contributed by atoms with van der Waals surface area (Å²) in [7, 11) is 3.39. The molecule has 0 spiro atoms. The molecule has 1 saturated heterocycles. The highest BCUT2D eigenvalue weighted by Crippen LogP contribution is 2.33. The van der Waals surface area contributed by atoms with Crippen molar-refractivity contribution in [3.05, 3.63) is 6.33 Å². The fourth-order valence-corrected chi connectivity index (χ4v) is 2.31. The zero-order chi connectivity index (χ0) is 13.8. The van der Waals surface area contributed by atoms with Crippen LogP contribution in [0.1, 0.15) is 13.3 Å². The van der Waals surface area contributed by atoms with Crippen LogP contribution >= 0.6 is 0 Å². The van der Waals surface area contributed by atoms with Crippen LogP contribution in [0.3, 0.4) is 0 Å². The smallest absolute Gasteiger partial charge is 0.217 e. The van der Waals surface area contributed by atoms with E-state index < -0.39 is 0 Å². The van der Waals surface area contributed by atoms with E-state index in [-0.39, 0.29) is 11.9 Å². The van der Waals surface area contributed by atoms with Gasteiger partial charge >= 0.3 is 0 Å². The molecule has 0 aliphatic carbocycles. The monoisotopic (exact) mass is 265 g/mol. The van der Waals surface area contributed by atoms with Crippen molar-refractivity contribution in [2.24, 2.45) is 0 Å². The highest BCUT2D eigenvalue weighted by atomic mass is 16.5. The van der Waals surface area contributed by atoms with E-state index in [2.05, 4.69) is 25.5 Å². The van der Waals surface area contributed by atoms with Gasteiger partial charge in [0.05, 0.1) is 7.11 Å². The molecule has 0 saturated carbocycles. The number of rotatable bonds is 4. The van der Waals surface area contributed by atoms with E-state index in [4.69, 9.17) is 4.74 Å². The third kappa shape index (κ3) is 2.86. The molecule has 1 aliphatic rings. The lowest BCUT2D eigenvalue weighted by molar-refractivity contribution is -0.119. The number of nitrogens with one attached hydrogen (secondary N) is 2. The number of nitrogens with zero attached hydrogens (tertiary/aromatic N) is 3. The molecule has 1 unspecified atom stereocenters. The largest absolute Gasteiger partial charge is 0.490 e. The molecule has 1 aliphatic heterocycles. The molecule has 0 radical (unpaired) electrons. The Morgan fingerprint density at radius 1 is 1.53 bits per heavy atom. The van der Waals surface area contributed by atoms with E-state index in [1.54, 1.807) is 14.2 Å². The Hall–Kier alpha value is -2.05. The van der Waals surface area contributed by atoms with Crippen LogP contribution in [0.25, 0.3) is 0 Å². The second kappa shape index (κ2) is 5.73. The fraction of sp³-hybridized carbons (Fsp3) is 0.583. The average molecular weight is 265 g/mol. The number of ether oxygens (including phenoxy) is 1. The van der Waals surface area contributed by atoms with Gasteiger partial charge < -0.3 is 20.3 Å². The van der Waals surface area contributed by atoms with Crippen molar-refractivity contribution in [1.29, 1.82) is 0 Å². The van der Waals surface area contributed by atoms with E-state index in [1.807, 2.05) is 0 Å². The Balaban J connectivity index is 2.17. The third-order valence-electron chi connectivity index (χ3n) is 3.12. The Bertz CT molecular complexity index is 465. The normalized spacial score (nSPS) is 18.3. The van der Waals surface area contributed by atoms with Crippen LogP contribution in [0.4, 0.5) is 11.6 Å². The molecule has 19 heavy (non-hydrogen) atoms. The molecule has 1 aromatic heterocycles. The molecule has 7 heteroatoms. The number of methoxy groups -OCH3 is 1. The van der Waals surface area contributed by atoms with Crippen molar-refractivity contribution in [3.8, 4) is 5.75 Å². The summed E-state index contributed by atoms with van der Waals surface area (Å²) in [6.07, 6.45) is 2.41. The SMILES string of the molecule is CNc1ncnc(N2CCC(NC(C)=O)C2)c1OC. The first-order chi connectivity index (χ1) is 9.15. The standard InChI is InChI=1S/C12H19N5O2/c1-8(18)16-9-4-5-17(6-9)12-10(19-3)11(13-2)14-7-15-12/h7,9H,4-6H2,1-3H3,(H,16,18)(H,13,14,15). The second-order valence-corrected chi connectivity index (χ2v) is 4.46. The van der Waals surface area contributed by atoms with Gasteiger partial charge in [-0.05, 0) is 6.42 Å². The quantitative estimate of drug-likeness (QED) is 0.812. The van der Waals surface area contributed by atoms with Crippen LogP contribution in [0, 0.1) is 0 Å². The number of anilines is 2. The minimum absolute atomic E-state index is 0.00239. The van der Waals surface area contributed by atoms with Gasteiger partial charge in [0, 0.05) is 33.1 Å². The third-order valence-corrected chi connectivity index (χ3v) is 3.12. The van der Waals surface area contributed by atoms with Gasteiger partial charge in [0.2, 0.25) is 11.7 Å². The molecule has 7 nitrogen and oxygen atoms in total. The van der Waals surface area contributed by atoms with Gasteiger partial charge in [-0.25, -0.2) is 9.97 Å². The van der Waals surface area contributed by atoms with Crippen LogP contribution in [0.5, 0.6) is 5.75 Å². The van der Waals surface area contributed by atoms with E-state index in [0.717, 1.165) is 25.3 Å². The first kappa shape index (κ1) is 13.4. The summed E-state index contributed by atoms with van der Waals surface area (Å²) in [6.45, 7) is 3.10. The summed E-state index contributed by atoms with van der Waals surface area (Å²) in [5.41, 5.74) is 0. The van der Waals surface area contributed by atoms with Crippen LogP contribution in [-0.4, -0.2) is 49.2 Å². The van der Waals surface area contributed by atoms with Crippen molar-refractivity contribution >= 4 is 17.5 Å². The second-order valence-electron chi connectivity index (χ2n) is 4.46. The van der Waals surface area contributed by atoms with Gasteiger partial charge in [-0.2, -0.15) is 0 Å². The Morgan fingerprint density at radius 2 is 2.32 bits per heavy atom. The van der Waals surface area contributed by atoms with Gasteiger partial charge in [-0.3, -0.25) is 4.79 Å². The van der Waals surface area contributed by atoms with Crippen molar-refractivity contribution in [2.75, 3.05) is 37.5 Å². The van der Waals surface area contributed by atoms with Gasteiger partial charge in [0.25, 0.3) is 0 Å². The molecule has 1 amide bonds. The summed E-state index contributed by atoms with van der Waals surface area (Å²) in [5, 5.41) is 5.91. The molecule has 104 valence electrons. The molecule has 2 heterocycles. The van der Waals surface area contributed by atoms with Gasteiger partial charge in [-0.15, -0.1) is 0 Å². The number of carbonyl (C=O) groups is 1. The van der Waals surface area contributed by atoms with E-state index in [1.165, 1.54) is 13.3 Å². The van der Waals surface area contributed by atoms with Crippen molar-refractivity contribution in [3.63, 3.8) is 0 Å². The van der Waals surface area contributed by atoms with Crippen molar-refractivity contribution in [2.45, 2.75) is 19.4 Å². The first-order valence-corrected chi connectivity index (χ1v) is 6.24. The molecule has 1 atom stereocenters. The topological polar surface area (TPSA) is 79.4 Å². The minimum Gasteiger partial charge on any atom is -0.490 e. The summed E-state index contributed by atoms with van der Waals surface area (Å²) in [5.74, 6) is 2.05.